The zero-order valence-electron chi connectivity index (χ0n) is 12.0. The fourth-order valence-electron chi connectivity index (χ4n) is 6.36. The van der Waals surface area contributed by atoms with Crippen molar-refractivity contribution in [1.82, 2.24) is 4.90 Å². The lowest BCUT2D eigenvalue weighted by atomic mass is 9.47. The van der Waals surface area contributed by atoms with Gasteiger partial charge >= 0.3 is 0 Å². The predicted octanol–water partition coefficient (Wildman–Crippen LogP) is 1.63. The van der Waals surface area contributed by atoms with Crippen molar-refractivity contribution in [3.05, 3.63) is 0 Å². The van der Waals surface area contributed by atoms with Crippen molar-refractivity contribution >= 4 is 0 Å². The van der Waals surface area contributed by atoms with Crippen LogP contribution in [0.25, 0.3) is 0 Å². The highest BCUT2D eigenvalue weighted by atomic mass is 16.3. The Labute approximate surface area is 116 Å². The van der Waals surface area contributed by atoms with Crippen LogP contribution in [-0.2, 0) is 0 Å². The third-order valence-corrected chi connectivity index (χ3v) is 6.92. The van der Waals surface area contributed by atoms with Crippen molar-refractivity contribution in [1.29, 1.82) is 0 Å². The number of nitrogens with zero attached hydrogens (tertiary/aromatic N) is 1. The zero-order valence-corrected chi connectivity index (χ0v) is 12.0. The summed E-state index contributed by atoms with van der Waals surface area (Å²) in [6.07, 6.45) is 6.59. The maximum Gasteiger partial charge on any atom is 0.0598 e. The Balaban J connectivity index is 1.81. The summed E-state index contributed by atoms with van der Waals surface area (Å²) in [5.41, 5.74) is 0.234. The van der Waals surface area contributed by atoms with E-state index < -0.39 is 0 Å². The van der Waals surface area contributed by atoms with Crippen molar-refractivity contribution in [2.24, 2.45) is 23.7 Å². The van der Waals surface area contributed by atoms with E-state index in [1.54, 1.807) is 0 Å². The van der Waals surface area contributed by atoms with Crippen LogP contribution in [0.3, 0.4) is 0 Å². The van der Waals surface area contributed by atoms with Gasteiger partial charge in [0, 0.05) is 11.5 Å². The average Bonchev–Trinajstić information content (AvgIpc) is 2.40. The summed E-state index contributed by atoms with van der Waals surface area (Å²) in [7, 11) is 0. The molecule has 2 saturated carbocycles. The van der Waals surface area contributed by atoms with Crippen molar-refractivity contribution in [2.75, 3.05) is 13.1 Å². The molecule has 2 saturated heterocycles. The number of piperidine rings is 2. The van der Waals surface area contributed by atoms with Crippen molar-refractivity contribution in [2.45, 2.75) is 63.2 Å². The van der Waals surface area contributed by atoms with E-state index in [-0.39, 0.29) is 17.7 Å². The quantitative estimate of drug-likeness (QED) is 0.699. The van der Waals surface area contributed by atoms with E-state index in [2.05, 4.69) is 11.8 Å². The van der Waals surface area contributed by atoms with Crippen LogP contribution >= 0.6 is 0 Å². The van der Waals surface area contributed by atoms with Crippen molar-refractivity contribution in [3.63, 3.8) is 0 Å². The molecule has 3 nitrogen and oxygen atoms in total. The molecular formula is C16H27NO2. The van der Waals surface area contributed by atoms with Gasteiger partial charge in [-0.3, -0.25) is 4.90 Å². The summed E-state index contributed by atoms with van der Waals surface area (Å²) >= 11 is 0. The molecule has 2 N–H and O–H groups in total. The fourth-order valence-corrected chi connectivity index (χ4v) is 6.36. The van der Waals surface area contributed by atoms with Crippen molar-refractivity contribution < 1.29 is 10.2 Å². The first-order chi connectivity index (χ1) is 9.14. The molecule has 0 unspecified atom stereocenters. The molecule has 4 rings (SSSR count). The lowest BCUT2D eigenvalue weighted by molar-refractivity contribution is -0.222. The molecule has 2 aliphatic heterocycles. The predicted molar refractivity (Wildman–Crippen MR) is 73.7 cm³/mol. The minimum atomic E-state index is -0.187. The molecule has 0 amide bonds. The third kappa shape index (κ3) is 1.50. The molecule has 4 fully saturated rings. The van der Waals surface area contributed by atoms with Gasteiger partial charge in [-0.05, 0) is 69.4 Å². The Morgan fingerprint density at radius 2 is 1.74 bits per heavy atom. The fraction of sp³-hybridized carbons (Fsp3) is 1.00. The highest BCUT2D eigenvalue weighted by Gasteiger charge is 2.64. The normalized spacial score (nSPS) is 57.6. The van der Waals surface area contributed by atoms with Gasteiger partial charge in [-0.15, -0.1) is 0 Å². The van der Waals surface area contributed by atoms with Crippen LogP contribution in [0.4, 0.5) is 0 Å². The standard InChI is InChI=1S/C16H27NO2/c1-10-9-16-12-4-2-6-17(16)7-3-5-13(16)14(18)8-11(12)15(10)19/h10-15,18-19H,2-9H2,1H3/t10-,11-,12+,13+,14+,15+,16+/m0/s1. The highest BCUT2D eigenvalue weighted by molar-refractivity contribution is 5.16. The first kappa shape index (κ1) is 12.6. The summed E-state index contributed by atoms with van der Waals surface area (Å²) in [6, 6.07) is 0. The maximum absolute atomic E-state index is 10.6. The van der Waals surface area contributed by atoms with E-state index in [0.29, 0.717) is 23.7 Å². The van der Waals surface area contributed by atoms with E-state index in [1.807, 2.05) is 0 Å². The Bertz CT molecular complexity index is 372. The minimum Gasteiger partial charge on any atom is -0.393 e. The molecule has 108 valence electrons. The van der Waals surface area contributed by atoms with Gasteiger partial charge in [-0.2, -0.15) is 0 Å². The first-order valence-corrected chi connectivity index (χ1v) is 8.26. The largest absolute Gasteiger partial charge is 0.393 e. The molecule has 0 aromatic heterocycles. The SMILES string of the molecule is C[C@H]1C[C@]23[C@@H]4CCCN2CCC[C@@H]3[C@H](O)C[C@@H]4[C@@H]1O. The smallest absolute Gasteiger partial charge is 0.0598 e. The van der Waals surface area contributed by atoms with Gasteiger partial charge in [0.1, 0.15) is 0 Å². The molecule has 19 heavy (non-hydrogen) atoms. The van der Waals surface area contributed by atoms with Crippen LogP contribution in [0.2, 0.25) is 0 Å². The number of aliphatic hydroxyl groups is 2. The molecule has 3 heteroatoms. The second-order valence-electron chi connectivity index (χ2n) is 7.61. The van der Waals surface area contributed by atoms with Gasteiger partial charge in [0.15, 0.2) is 0 Å². The third-order valence-electron chi connectivity index (χ3n) is 6.92. The average molecular weight is 265 g/mol. The van der Waals surface area contributed by atoms with Crippen LogP contribution < -0.4 is 0 Å². The van der Waals surface area contributed by atoms with E-state index >= 15 is 0 Å². The number of hydrogen-bond donors (Lipinski definition) is 2. The van der Waals surface area contributed by atoms with Gasteiger partial charge in [0.25, 0.3) is 0 Å². The number of rotatable bonds is 0. The van der Waals surface area contributed by atoms with Gasteiger partial charge in [-0.25, -0.2) is 0 Å². The molecule has 0 aromatic carbocycles. The zero-order chi connectivity index (χ0) is 13.2. The second kappa shape index (κ2) is 4.19. The van der Waals surface area contributed by atoms with Gasteiger partial charge in [0.2, 0.25) is 0 Å². The van der Waals surface area contributed by atoms with Crippen LogP contribution in [0, 0.1) is 23.7 Å². The summed E-state index contributed by atoms with van der Waals surface area (Å²) in [4.78, 5) is 2.72. The molecule has 0 aromatic rings. The van der Waals surface area contributed by atoms with E-state index in [4.69, 9.17) is 0 Å². The number of aliphatic hydroxyl groups excluding tert-OH is 2. The first-order valence-electron chi connectivity index (χ1n) is 8.26. The lowest BCUT2D eigenvalue weighted by Crippen LogP contribution is -2.74. The van der Waals surface area contributed by atoms with Gasteiger partial charge in [-0.1, -0.05) is 6.92 Å². The Morgan fingerprint density at radius 1 is 1.05 bits per heavy atom. The molecule has 2 heterocycles. The van der Waals surface area contributed by atoms with Crippen LogP contribution in [0.5, 0.6) is 0 Å². The Hall–Kier alpha value is -0.120. The van der Waals surface area contributed by atoms with Crippen molar-refractivity contribution in [3.8, 4) is 0 Å². The van der Waals surface area contributed by atoms with Crippen LogP contribution in [-0.4, -0.2) is 45.9 Å². The van der Waals surface area contributed by atoms with Crippen LogP contribution in [0.1, 0.15) is 45.4 Å². The molecule has 0 radical (unpaired) electrons. The lowest BCUT2D eigenvalue weighted by Gasteiger charge is -2.68. The molecule has 1 spiro atoms. The summed E-state index contributed by atoms with van der Waals surface area (Å²) < 4.78 is 0. The summed E-state index contributed by atoms with van der Waals surface area (Å²) in [5.74, 6) is 1.85. The second-order valence-corrected chi connectivity index (χ2v) is 7.61. The molecule has 2 aliphatic carbocycles. The summed E-state index contributed by atoms with van der Waals surface area (Å²) in [5, 5.41) is 21.2. The summed E-state index contributed by atoms with van der Waals surface area (Å²) in [6.45, 7) is 4.66. The topological polar surface area (TPSA) is 43.7 Å². The monoisotopic (exact) mass is 265 g/mol. The molecule has 4 aliphatic rings. The van der Waals surface area contributed by atoms with Gasteiger partial charge < -0.3 is 10.2 Å². The van der Waals surface area contributed by atoms with E-state index in [0.717, 1.165) is 12.8 Å². The van der Waals surface area contributed by atoms with Gasteiger partial charge in [0.05, 0.1) is 12.2 Å². The van der Waals surface area contributed by atoms with Crippen LogP contribution in [0.15, 0.2) is 0 Å². The number of hydrogen-bond acceptors (Lipinski definition) is 3. The maximum atomic E-state index is 10.6. The Kier molecular flexibility index (Phi) is 2.78. The molecule has 7 atom stereocenters. The molecule has 2 bridgehead atoms. The molecular weight excluding hydrogens is 238 g/mol. The highest BCUT2D eigenvalue weighted by Crippen LogP contribution is 2.60. The minimum absolute atomic E-state index is 0.177. The van der Waals surface area contributed by atoms with E-state index in [9.17, 15) is 10.2 Å². The van der Waals surface area contributed by atoms with E-state index in [1.165, 1.54) is 38.8 Å². The Morgan fingerprint density at radius 3 is 2.47 bits per heavy atom.